The van der Waals surface area contributed by atoms with E-state index in [1.54, 1.807) is 18.2 Å². The van der Waals surface area contributed by atoms with E-state index >= 15 is 0 Å². The molecule has 0 unspecified atom stereocenters. The lowest BCUT2D eigenvalue weighted by Gasteiger charge is -2.31. The summed E-state index contributed by atoms with van der Waals surface area (Å²) < 4.78 is 18.4. The Morgan fingerprint density at radius 3 is 2.69 bits per heavy atom. The normalized spacial score (nSPS) is 17.2. The Labute approximate surface area is 169 Å². The third-order valence-electron chi connectivity index (χ3n) is 5.41. The van der Waals surface area contributed by atoms with Crippen molar-refractivity contribution in [2.45, 2.75) is 19.3 Å². The summed E-state index contributed by atoms with van der Waals surface area (Å²) in [5.74, 6) is 0.667. The lowest BCUT2D eigenvalue weighted by Crippen LogP contribution is -2.39. The van der Waals surface area contributed by atoms with Gasteiger partial charge in [-0.3, -0.25) is 14.5 Å². The summed E-state index contributed by atoms with van der Waals surface area (Å²) in [6.45, 7) is 2.08. The zero-order valence-electron chi connectivity index (χ0n) is 16.1. The van der Waals surface area contributed by atoms with Crippen molar-refractivity contribution in [2.75, 3.05) is 36.9 Å². The van der Waals surface area contributed by atoms with Gasteiger partial charge in [0.25, 0.3) is 5.91 Å². The molecule has 0 atom stereocenters. The number of hydrogen-bond donors (Lipinski definition) is 2. The van der Waals surface area contributed by atoms with Crippen LogP contribution in [-0.2, 0) is 16.0 Å². The fourth-order valence-electron chi connectivity index (χ4n) is 3.86. The SMILES string of the molecule is O=C(CN1CCC(Cc2ccc(F)cc2)CC1)Nc1ccc2c(c1)OCC(=O)N2. The van der Waals surface area contributed by atoms with Crippen LogP contribution in [0, 0.1) is 11.7 Å². The third kappa shape index (κ3) is 5.12. The molecule has 7 heteroatoms. The number of amides is 2. The number of rotatable bonds is 5. The number of nitrogens with one attached hydrogen (secondary N) is 2. The van der Waals surface area contributed by atoms with Crippen molar-refractivity contribution in [1.29, 1.82) is 0 Å². The molecular weight excluding hydrogens is 373 g/mol. The van der Waals surface area contributed by atoms with Crippen LogP contribution in [0.15, 0.2) is 42.5 Å². The second-order valence-electron chi connectivity index (χ2n) is 7.65. The Morgan fingerprint density at radius 2 is 1.93 bits per heavy atom. The smallest absolute Gasteiger partial charge is 0.262 e. The van der Waals surface area contributed by atoms with Gasteiger partial charge in [0.1, 0.15) is 11.6 Å². The van der Waals surface area contributed by atoms with E-state index in [4.69, 9.17) is 4.74 Å². The Morgan fingerprint density at radius 1 is 1.17 bits per heavy atom. The summed E-state index contributed by atoms with van der Waals surface area (Å²) in [7, 11) is 0. The van der Waals surface area contributed by atoms with E-state index in [0.717, 1.165) is 37.9 Å². The van der Waals surface area contributed by atoms with E-state index in [-0.39, 0.29) is 24.2 Å². The highest BCUT2D eigenvalue weighted by Crippen LogP contribution is 2.30. The molecule has 152 valence electrons. The van der Waals surface area contributed by atoms with Gasteiger partial charge >= 0.3 is 0 Å². The monoisotopic (exact) mass is 397 g/mol. The molecule has 2 aliphatic rings. The van der Waals surface area contributed by atoms with Crippen molar-refractivity contribution in [1.82, 2.24) is 4.90 Å². The van der Waals surface area contributed by atoms with Gasteiger partial charge in [-0.1, -0.05) is 12.1 Å². The van der Waals surface area contributed by atoms with E-state index in [1.807, 2.05) is 12.1 Å². The second-order valence-corrected chi connectivity index (χ2v) is 7.65. The van der Waals surface area contributed by atoms with Crippen molar-refractivity contribution >= 4 is 23.2 Å². The van der Waals surface area contributed by atoms with Gasteiger partial charge in [0.15, 0.2) is 6.61 Å². The Kier molecular flexibility index (Phi) is 5.76. The molecule has 0 aliphatic carbocycles. The second kappa shape index (κ2) is 8.61. The molecule has 2 N–H and O–H groups in total. The molecular formula is C22H24FN3O3. The van der Waals surface area contributed by atoms with E-state index in [0.29, 0.717) is 29.6 Å². The van der Waals surface area contributed by atoms with Crippen LogP contribution in [0.25, 0.3) is 0 Å². The van der Waals surface area contributed by atoms with Crippen LogP contribution < -0.4 is 15.4 Å². The number of halogens is 1. The standard InChI is InChI=1S/C22H24FN3O3/c23-17-3-1-15(2-4-17)11-16-7-9-26(10-8-16)13-21(27)24-18-5-6-19-20(12-18)29-14-22(28)25-19/h1-6,12,16H,7-11,13-14H2,(H,24,27)(H,25,28). The number of carbonyl (C=O) groups excluding carboxylic acids is 2. The lowest BCUT2D eigenvalue weighted by molar-refractivity contribution is -0.119. The van der Waals surface area contributed by atoms with E-state index in [9.17, 15) is 14.0 Å². The highest BCUT2D eigenvalue weighted by Gasteiger charge is 2.22. The first kappa shape index (κ1) is 19.4. The number of fused-ring (bicyclic) bond motifs is 1. The van der Waals surface area contributed by atoms with Gasteiger partial charge < -0.3 is 15.4 Å². The van der Waals surface area contributed by atoms with Crippen LogP contribution in [0.2, 0.25) is 0 Å². The number of carbonyl (C=O) groups is 2. The molecule has 2 aliphatic heterocycles. The number of ether oxygens (including phenoxy) is 1. The van der Waals surface area contributed by atoms with E-state index < -0.39 is 0 Å². The molecule has 0 spiro atoms. The molecule has 0 radical (unpaired) electrons. The van der Waals surface area contributed by atoms with Crippen LogP contribution in [0.4, 0.5) is 15.8 Å². The van der Waals surface area contributed by atoms with Gasteiger partial charge in [0.2, 0.25) is 5.91 Å². The summed E-state index contributed by atoms with van der Waals surface area (Å²) in [6.07, 6.45) is 3.00. The average Bonchev–Trinajstić information content (AvgIpc) is 2.71. The number of hydrogen-bond acceptors (Lipinski definition) is 4. The maximum Gasteiger partial charge on any atom is 0.262 e. The largest absolute Gasteiger partial charge is 0.482 e. The van der Waals surface area contributed by atoms with Crippen molar-refractivity contribution < 1.29 is 18.7 Å². The fraction of sp³-hybridized carbons (Fsp3) is 0.364. The van der Waals surface area contributed by atoms with Crippen molar-refractivity contribution in [3.05, 3.63) is 53.8 Å². The molecule has 0 saturated carbocycles. The van der Waals surface area contributed by atoms with Crippen LogP contribution in [-0.4, -0.2) is 43.0 Å². The van der Waals surface area contributed by atoms with Crippen molar-refractivity contribution in [3.8, 4) is 5.75 Å². The maximum atomic E-state index is 13.0. The molecule has 2 amide bonds. The molecule has 1 saturated heterocycles. The molecule has 4 rings (SSSR count). The summed E-state index contributed by atoms with van der Waals surface area (Å²) in [5, 5.41) is 5.62. The van der Waals surface area contributed by atoms with Crippen LogP contribution in [0.1, 0.15) is 18.4 Å². The Bertz CT molecular complexity index is 893. The summed E-state index contributed by atoms with van der Waals surface area (Å²) >= 11 is 0. The average molecular weight is 397 g/mol. The zero-order chi connectivity index (χ0) is 20.2. The Hall–Kier alpha value is -2.93. The van der Waals surface area contributed by atoms with Crippen LogP contribution in [0.3, 0.4) is 0 Å². The molecule has 2 aromatic carbocycles. The highest BCUT2D eigenvalue weighted by atomic mass is 19.1. The van der Waals surface area contributed by atoms with Crippen LogP contribution in [0.5, 0.6) is 5.75 Å². The minimum absolute atomic E-state index is 0.0166. The van der Waals surface area contributed by atoms with Crippen molar-refractivity contribution in [3.63, 3.8) is 0 Å². The van der Waals surface area contributed by atoms with Gasteiger partial charge in [-0.2, -0.15) is 0 Å². The third-order valence-corrected chi connectivity index (χ3v) is 5.41. The topological polar surface area (TPSA) is 70.7 Å². The number of likely N-dealkylation sites (tertiary alicyclic amines) is 1. The number of nitrogens with zero attached hydrogens (tertiary/aromatic N) is 1. The van der Waals surface area contributed by atoms with Crippen molar-refractivity contribution in [2.24, 2.45) is 5.92 Å². The molecule has 0 aromatic heterocycles. The van der Waals surface area contributed by atoms with Gasteiger partial charge in [0.05, 0.1) is 12.2 Å². The minimum Gasteiger partial charge on any atom is -0.482 e. The molecule has 1 fully saturated rings. The maximum absolute atomic E-state index is 13.0. The molecule has 6 nitrogen and oxygen atoms in total. The zero-order valence-corrected chi connectivity index (χ0v) is 16.1. The molecule has 2 heterocycles. The predicted molar refractivity (Wildman–Crippen MR) is 108 cm³/mol. The first-order chi connectivity index (χ1) is 14.0. The number of anilines is 2. The summed E-state index contributed by atoms with van der Waals surface area (Å²) in [4.78, 5) is 25.9. The minimum atomic E-state index is -0.204. The first-order valence-corrected chi connectivity index (χ1v) is 9.88. The van der Waals surface area contributed by atoms with Gasteiger partial charge in [0, 0.05) is 11.8 Å². The number of piperidine rings is 1. The van der Waals surface area contributed by atoms with Gasteiger partial charge in [-0.25, -0.2) is 4.39 Å². The Balaban J connectivity index is 1.24. The van der Waals surface area contributed by atoms with Gasteiger partial charge in [-0.15, -0.1) is 0 Å². The highest BCUT2D eigenvalue weighted by molar-refractivity contribution is 5.97. The van der Waals surface area contributed by atoms with E-state index in [2.05, 4.69) is 15.5 Å². The number of benzene rings is 2. The summed E-state index contributed by atoms with van der Waals surface area (Å²) in [5.41, 5.74) is 2.42. The van der Waals surface area contributed by atoms with Gasteiger partial charge in [-0.05, 0) is 68.1 Å². The van der Waals surface area contributed by atoms with Crippen LogP contribution >= 0.6 is 0 Å². The quantitative estimate of drug-likeness (QED) is 0.814. The first-order valence-electron chi connectivity index (χ1n) is 9.88. The summed E-state index contributed by atoms with van der Waals surface area (Å²) in [6, 6.07) is 11.9. The lowest BCUT2D eigenvalue weighted by atomic mass is 9.90. The molecule has 29 heavy (non-hydrogen) atoms. The molecule has 2 aromatic rings. The fourth-order valence-corrected chi connectivity index (χ4v) is 3.86. The van der Waals surface area contributed by atoms with E-state index in [1.165, 1.54) is 12.1 Å². The predicted octanol–water partition coefficient (Wildman–Crippen LogP) is 3.05. The molecule has 0 bridgehead atoms.